The fourth-order valence-corrected chi connectivity index (χ4v) is 1.48. The average Bonchev–Trinajstić information content (AvgIpc) is 2.22. The Hall–Kier alpha value is -1.66. The van der Waals surface area contributed by atoms with Crippen molar-refractivity contribution in [2.75, 3.05) is 39.3 Å². The Kier molecular flexibility index (Phi) is 19.5. The quantitative estimate of drug-likeness (QED) is 0.215. The molecule has 12 nitrogen and oxygen atoms in total. The second-order valence-electron chi connectivity index (χ2n) is 4.00. The van der Waals surface area contributed by atoms with Gasteiger partial charge in [-0.3, -0.25) is 29.0 Å². The first-order valence-corrected chi connectivity index (χ1v) is 5.52. The number of hydrogen-bond donors (Lipinski definition) is 6. The molecule has 130 valence electrons. The number of carboxylic acid groups (broad SMARTS) is 4. The third-order valence-corrected chi connectivity index (χ3v) is 2.17. The molecule has 0 spiro atoms. The molecule has 0 bridgehead atoms. The van der Waals surface area contributed by atoms with Crippen LogP contribution in [0.4, 0.5) is 0 Å². The van der Waals surface area contributed by atoms with Crippen molar-refractivity contribution in [1.29, 1.82) is 0 Å². The Morgan fingerprint density at radius 1 is 0.565 bits per heavy atom. The van der Waals surface area contributed by atoms with Crippen LogP contribution in [0.25, 0.3) is 0 Å². The maximum atomic E-state index is 10.6. The molecule has 0 aliphatic rings. The molecule has 0 aromatic heterocycles. The van der Waals surface area contributed by atoms with Crippen LogP contribution in [0.5, 0.6) is 0 Å². The van der Waals surface area contributed by atoms with E-state index in [1.54, 1.807) is 0 Å². The summed E-state index contributed by atoms with van der Waals surface area (Å²) >= 11 is 0. The summed E-state index contributed by atoms with van der Waals surface area (Å²) in [7, 11) is 0. The Morgan fingerprint density at radius 2 is 0.739 bits per heavy atom. The molecule has 10 N–H and O–H groups in total. The summed E-state index contributed by atoms with van der Waals surface area (Å²) in [6.45, 7) is -2.25. The van der Waals surface area contributed by atoms with Crippen molar-refractivity contribution in [2.45, 2.75) is 0 Å². The smallest absolute Gasteiger partial charge is 0.480 e. The normalized spacial score (nSPS) is 9.30. The number of carboxylic acids is 4. The fourth-order valence-electron chi connectivity index (χ4n) is 1.48. The first kappa shape index (κ1) is 29.4. The Labute approximate surface area is 145 Å². The van der Waals surface area contributed by atoms with Crippen LogP contribution < -0.4 is 12.3 Å². The van der Waals surface area contributed by atoms with Crippen LogP contribution in [0.15, 0.2) is 0 Å². The average molecular weight is 392 g/mol. The van der Waals surface area contributed by atoms with Crippen molar-refractivity contribution in [3.05, 3.63) is 0 Å². The van der Waals surface area contributed by atoms with Gasteiger partial charge in [0.25, 0.3) is 0 Å². The first-order chi connectivity index (χ1) is 9.20. The van der Waals surface area contributed by atoms with Crippen molar-refractivity contribution < 1.29 is 59.1 Å². The fraction of sp³-hybridized carbons (Fsp3) is 0.600. The predicted octanol–water partition coefficient (Wildman–Crippen LogP) is -1.75. The van der Waals surface area contributed by atoms with E-state index in [1.165, 1.54) is 0 Å². The monoisotopic (exact) mass is 390 g/mol. The zero-order valence-corrected chi connectivity index (χ0v) is 15.6. The molecule has 13 heteroatoms. The van der Waals surface area contributed by atoms with E-state index in [4.69, 9.17) is 20.4 Å². The summed E-state index contributed by atoms with van der Waals surface area (Å²) in [4.78, 5) is 44.4. The van der Waals surface area contributed by atoms with Gasteiger partial charge in [0.05, 0.1) is 26.2 Å². The molecular weight excluding hydrogens is 370 g/mol. The van der Waals surface area contributed by atoms with Gasteiger partial charge in [0.1, 0.15) is 0 Å². The second kappa shape index (κ2) is 15.2. The molecule has 0 aliphatic heterocycles. The third-order valence-electron chi connectivity index (χ3n) is 2.17. The van der Waals surface area contributed by atoms with Gasteiger partial charge in [-0.05, 0) is 0 Å². The number of hydrogen-bond acceptors (Lipinski definition) is 8. The van der Waals surface area contributed by atoms with Crippen molar-refractivity contribution in [2.24, 2.45) is 0 Å². The molecule has 0 heterocycles. The molecule has 23 heavy (non-hydrogen) atoms. The number of aliphatic carboxylic acids is 4. The summed E-state index contributed by atoms with van der Waals surface area (Å²) < 4.78 is 0. The molecule has 0 aliphatic carbocycles. The van der Waals surface area contributed by atoms with Gasteiger partial charge in [-0.2, -0.15) is 0 Å². The van der Waals surface area contributed by atoms with Gasteiger partial charge in [-0.15, -0.1) is 0 Å². The van der Waals surface area contributed by atoms with E-state index in [0.717, 1.165) is 9.80 Å². The Bertz CT molecular complexity index is 327. The summed E-state index contributed by atoms with van der Waals surface area (Å²) in [6, 6.07) is 0. The third kappa shape index (κ3) is 18.3. The molecule has 0 amide bonds. The molecule has 0 saturated carbocycles. The standard InChI is InChI=1S/C10H16N2O8.2H3N.Zn/c13-7(14)3-11(4-8(15)16)1-2-12(5-9(17)18)6-10(19)20;;;/h1-6H2,(H,13,14)(H,15,16)(H,17,18)(H,19,20);2*1H3;/q;;;+2. The van der Waals surface area contributed by atoms with Crippen LogP contribution in [0.3, 0.4) is 0 Å². The van der Waals surface area contributed by atoms with Crippen molar-refractivity contribution >= 4 is 23.9 Å². The Morgan fingerprint density at radius 3 is 0.870 bits per heavy atom. The largest absolute Gasteiger partial charge is 2.00 e. The summed E-state index contributed by atoms with van der Waals surface area (Å²) in [5, 5.41) is 34.5. The minimum Gasteiger partial charge on any atom is -0.480 e. The second-order valence-corrected chi connectivity index (χ2v) is 4.00. The van der Waals surface area contributed by atoms with Crippen LogP contribution in [-0.2, 0) is 38.7 Å². The van der Waals surface area contributed by atoms with Crippen LogP contribution >= 0.6 is 0 Å². The van der Waals surface area contributed by atoms with E-state index in [2.05, 4.69) is 0 Å². The minimum absolute atomic E-state index is 0. The van der Waals surface area contributed by atoms with Gasteiger partial charge in [-0.1, -0.05) is 0 Å². The van der Waals surface area contributed by atoms with Crippen LogP contribution in [-0.4, -0.2) is 93.4 Å². The number of nitrogens with zero attached hydrogens (tertiary/aromatic N) is 2. The first-order valence-electron chi connectivity index (χ1n) is 5.52. The van der Waals surface area contributed by atoms with Gasteiger partial charge in [0, 0.05) is 13.1 Å². The van der Waals surface area contributed by atoms with Gasteiger partial charge >= 0.3 is 43.4 Å². The molecule has 0 atom stereocenters. The van der Waals surface area contributed by atoms with E-state index in [1.807, 2.05) is 0 Å². The zero-order valence-electron chi connectivity index (χ0n) is 12.7. The van der Waals surface area contributed by atoms with Crippen LogP contribution in [0.1, 0.15) is 0 Å². The molecule has 0 rings (SSSR count). The summed E-state index contributed by atoms with van der Waals surface area (Å²) in [6.07, 6.45) is 0. The van der Waals surface area contributed by atoms with E-state index < -0.39 is 50.1 Å². The van der Waals surface area contributed by atoms with Crippen LogP contribution in [0, 0.1) is 0 Å². The topological polar surface area (TPSA) is 226 Å². The molecule has 0 saturated heterocycles. The maximum Gasteiger partial charge on any atom is 2.00 e. The molecule has 0 aromatic carbocycles. The Balaban J connectivity index is -0.000000602. The molecule has 0 unspecified atom stereocenters. The zero-order chi connectivity index (χ0) is 15.7. The molecule has 0 radical (unpaired) electrons. The predicted molar refractivity (Wildman–Crippen MR) is 73.5 cm³/mol. The van der Waals surface area contributed by atoms with Crippen molar-refractivity contribution in [3.63, 3.8) is 0 Å². The molecular formula is C10H22N4O8Zn+2. The summed E-state index contributed by atoms with van der Waals surface area (Å²) in [5.41, 5.74) is 0. The molecule has 0 aromatic rings. The minimum atomic E-state index is -1.23. The van der Waals surface area contributed by atoms with E-state index in [0.29, 0.717) is 0 Å². The van der Waals surface area contributed by atoms with Crippen molar-refractivity contribution in [3.8, 4) is 0 Å². The van der Waals surface area contributed by atoms with Gasteiger partial charge < -0.3 is 32.7 Å². The SMILES string of the molecule is N.N.O=C(O)CN(CCN(CC(=O)O)CC(=O)O)CC(=O)O.[Zn+2]. The van der Waals surface area contributed by atoms with E-state index >= 15 is 0 Å². The number of carbonyl (C=O) groups is 4. The van der Waals surface area contributed by atoms with Gasteiger partial charge in [-0.25, -0.2) is 0 Å². The van der Waals surface area contributed by atoms with Crippen molar-refractivity contribution in [1.82, 2.24) is 22.1 Å². The van der Waals surface area contributed by atoms with Crippen LogP contribution in [0.2, 0.25) is 0 Å². The van der Waals surface area contributed by atoms with E-state index in [-0.39, 0.29) is 44.9 Å². The van der Waals surface area contributed by atoms with Gasteiger partial charge in [0.15, 0.2) is 0 Å². The van der Waals surface area contributed by atoms with Gasteiger partial charge in [0.2, 0.25) is 0 Å². The summed E-state index contributed by atoms with van der Waals surface area (Å²) in [5.74, 6) is -4.91. The number of rotatable bonds is 11. The van der Waals surface area contributed by atoms with E-state index in [9.17, 15) is 19.2 Å². The maximum absolute atomic E-state index is 10.6. The molecule has 0 fully saturated rings.